The van der Waals surface area contributed by atoms with E-state index in [1.807, 2.05) is 42.5 Å². The van der Waals surface area contributed by atoms with Gasteiger partial charge in [0.2, 0.25) is 0 Å². The molecular formula is C26H22IN3O5. The fourth-order valence-electron chi connectivity index (χ4n) is 3.45. The molecule has 0 bridgehead atoms. The Morgan fingerprint density at radius 2 is 1.80 bits per heavy atom. The summed E-state index contributed by atoms with van der Waals surface area (Å²) in [4.78, 5) is 29.8. The van der Waals surface area contributed by atoms with Crippen molar-refractivity contribution in [3.8, 4) is 22.9 Å². The van der Waals surface area contributed by atoms with E-state index in [1.165, 1.54) is 18.9 Å². The molecule has 0 aliphatic rings. The van der Waals surface area contributed by atoms with Crippen LogP contribution < -0.4 is 15.0 Å². The zero-order chi connectivity index (χ0) is 24.9. The second-order valence-corrected chi connectivity index (χ2v) is 8.66. The molecule has 3 aromatic carbocycles. The summed E-state index contributed by atoms with van der Waals surface area (Å²) in [6, 6.07) is 20.1. The van der Waals surface area contributed by atoms with Gasteiger partial charge in [-0.2, -0.15) is 9.78 Å². The Hall–Kier alpha value is -3.73. The second-order valence-electron chi connectivity index (χ2n) is 7.50. The first-order valence-corrected chi connectivity index (χ1v) is 11.7. The molecule has 0 fully saturated rings. The highest BCUT2D eigenvalue weighted by molar-refractivity contribution is 14.1. The van der Waals surface area contributed by atoms with E-state index in [0.29, 0.717) is 37.4 Å². The van der Waals surface area contributed by atoms with E-state index in [2.05, 4.69) is 27.7 Å². The molecular weight excluding hydrogens is 561 g/mol. The smallest absolute Gasteiger partial charge is 0.346 e. The molecule has 0 aliphatic carbocycles. The van der Waals surface area contributed by atoms with Crippen LogP contribution in [-0.2, 0) is 9.53 Å². The number of rotatable bonds is 7. The molecule has 0 aliphatic heterocycles. The van der Waals surface area contributed by atoms with Gasteiger partial charge in [0.15, 0.2) is 23.4 Å². The summed E-state index contributed by atoms with van der Waals surface area (Å²) in [7, 11) is 2.81. The van der Waals surface area contributed by atoms with Crippen molar-refractivity contribution in [2.24, 2.45) is 5.10 Å². The fourth-order valence-corrected chi connectivity index (χ4v) is 4.20. The summed E-state index contributed by atoms with van der Waals surface area (Å²) in [5, 5.41) is 4.96. The van der Waals surface area contributed by atoms with Crippen LogP contribution in [0.15, 0.2) is 76.6 Å². The Kier molecular flexibility index (Phi) is 7.45. The van der Waals surface area contributed by atoms with Crippen LogP contribution in [0.1, 0.15) is 12.5 Å². The normalized spacial score (nSPS) is 12.0. The summed E-state index contributed by atoms with van der Waals surface area (Å²) in [5.41, 5.74) is 1.75. The largest absolute Gasteiger partial charge is 0.493 e. The van der Waals surface area contributed by atoms with Crippen LogP contribution in [0.5, 0.6) is 11.5 Å². The first-order valence-electron chi connectivity index (χ1n) is 10.7. The molecule has 0 unspecified atom stereocenters. The summed E-state index contributed by atoms with van der Waals surface area (Å²) < 4.78 is 18.0. The van der Waals surface area contributed by atoms with Gasteiger partial charge in [-0.05, 0) is 59.3 Å². The lowest BCUT2D eigenvalue weighted by molar-refractivity contribution is -0.147. The predicted molar refractivity (Wildman–Crippen MR) is 142 cm³/mol. The molecule has 4 rings (SSSR count). The number of hydrogen-bond acceptors (Lipinski definition) is 7. The van der Waals surface area contributed by atoms with Gasteiger partial charge in [0.25, 0.3) is 5.56 Å². The highest BCUT2D eigenvalue weighted by atomic mass is 127. The van der Waals surface area contributed by atoms with Gasteiger partial charge in [-0.25, -0.2) is 9.78 Å². The topological polar surface area (TPSA) is 92.0 Å². The van der Waals surface area contributed by atoms with Gasteiger partial charge >= 0.3 is 5.97 Å². The van der Waals surface area contributed by atoms with E-state index in [4.69, 9.17) is 19.2 Å². The van der Waals surface area contributed by atoms with E-state index in [-0.39, 0.29) is 5.56 Å². The number of para-hydroxylation sites is 1. The van der Waals surface area contributed by atoms with Crippen molar-refractivity contribution in [3.63, 3.8) is 0 Å². The molecule has 9 heteroatoms. The van der Waals surface area contributed by atoms with Crippen molar-refractivity contribution in [3.05, 3.63) is 86.2 Å². The molecule has 4 aromatic rings. The fraction of sp³-hybridized carbons (Fsp3) is 0.154. The number of hydrogen-bond donors (Lipinski definition) is 0. The van der Waals surface area contributed by atoms with Crippen LogP contribution >= 0.6 is 22.6 Å². The number of esters is 1. The molecule has 35 heavy (non-hydrogen) atoms. The summed E-state index contributed by atoms with van der Waals surface area (Å²) >= 11 is 2.09. The highest BCUT2D eigenvalue weighted by Crippen LogP contribution is 2.34. The van der Waals surface area contributed by atoms with E-state index < -0.39 is 12.1 Å². The maximum atomic E-state index is 13.3. The van der Waals surface area contributed by atoms with Crippen molar-refractivity contribution in [1.29, 1.82) is 0 Å². The molecule has 0 spiro atoms. The number of ether oxygens (including phenoxy) is 3. The average Bonchev–Trinajstić information content (AvgIpc) is 2.89. The van der Waals surface area contributed by atoms with E-state index in [9.17, 15) is 9.59 Å². The van der Waals surface area contributed by atoms with Gasteiger partial charge < -0.3 is 14.2 Å². The highest BCUT2D eigenvalue weighted by Gasteiger charge is 2.20. The van der Waals surface area contributed by atoms with Crippen molar-refractivity contribution < 1.29 is 19.0 Å². The third kappa shape index (κ3) is 5.19. The number of nitrogens with zero attached hydrogens (tertiary/aromatic N) is 3. The maximum absolute atomic E-state index is 13.3. The lowest BCUT2D eigenvalue weighted by atomic mass is 10.2. The summed E-state index contributed by atoms with van der Waals surface area (Å²) in [5.74, 6) is 0.767. The van der Waals surface area contributed by atoms with Crippen LogP contribution in [0, 0.1) is 3.57 Å². The summed E-state index contributed by atoms with van der Waals surface area (Å²) in [6.07, 6.45) is 0.750. The Morgan fingerprint density at radius 1 is 1.09 bits per heavy atom. The SMILES string of the molecule is COC(=O)[C@@H](C)Oc1c(I)cc(C=Nn2c(-c3ccccc3)nc3ccccc3c2=O)cc1OC. The zero-order valence-electron chi connectivity index (χ0n) is 19.3. The van der Waals surface area contributed by atoms with Crippen LogP contribution in [0.2, 0.25) is 0 Å². The monoisotopic (exact) mass is 583 g/mol. The number of benzene rings is 3. The maximum Gasteiger partial charge on any atom is 0.346 e. The van der Waals surface area contributed by atoms with Crippen molar-refractivity contribution in [1.82, 2.24) is 9.66 Å². The van der Waals surface area contributed by atoms with Crippen molar-refractivity contribution in [2.45, 2.75) is 13.0 Å². The van der Waals surface area contributed by atoms with Gasteiger partial charge in [0.1, 0.15) is 0 Å². The molecule has 0 radical (unpaired) electrons. The molecule has 1 atom stereocenters. The lowest BCUT2D eigenvalue weighted by Gasteiger charge is -2.17. The number of aromatic nitrogens is 2. The van der Waals surface area contributed by atoms with Crippen LogP contribution in [0.3, 0.4) is 0 Å². The number of carbonyl (C=O) groups excluding carboxylic acids is 1. The molecule has 0 saturated carbocycles. The number of fused-ring (bicyclic) bond motifs is 1. The Morgan fingerprint density at radius 3 is 2.51 bits per heavy atom. The minimum absolute atomic E-state index is 0.278. The van der Waals surface area contributed by atoms with Crippen LogP contribution in [0.25, 0.3) is 22.3 Å². The minimum Gasteiger partial charge on any atom is -0.493 e. The Balaban J connectivity index is 1.78. The third-order valence-electron chi connectivity index (χ3n) is 5.19. The molecule has 0 amide bonds. The van der Waals surface area contributed by atoms with E-state index in [0.717, 1.165) is 5.56 Å². The van der Waals surface area contributed by atoms with Crippen molar-refractivity contribution >= 4 is 45.7 Å². The van der Waals surface area contributed by atoms with Crippen molar-refractivity contribution in [2.75, 3.05) is 14.2 Å². The third-order valence-corrected chi connectivity index (χ3v) is 5.99. The molecule has 178 valence electrons. The number of carbonyl (C=O) groups is 1. The summed E-state index contributed by atoms with van der Waals surface area (Å²) in [6.45, 7) is 1.60. The Labute approximate surface area is 215 Å². The molecule has 8 nitrogen and oxygen atoms in total. The first kappa shape index (κ1) is 24.4. The molecule has 1 heterocycles. The van der Waals surface area contributed by atoms with Crippen LogP contribution in [0.4, 0.5) is 0 Å². The van der Waals surface area contributed by atoms with Gasteiger partial charge in [-0.1, -0.05) is 42.5 Å². The minimum atomic E-state index is -0.808. The first-order chi connectivity index (χ1) is 16.9. The van der Waals surface area contributed by atoms with E-state index >= 15 is 0 Å². The van der Waals surface area contributed by atoms with Crippen LogP contribution in [-0.4, -0.2) is 42.2 Å². The standard InChI is InChI=1S/C26H22IN3O5/c1-16(26(32)34-3)35-23-20(27)13-17(14-22(23)33-2)15-28-30-24(18-9-5-4-6-10-18)29-21-12-8-7-11-19(21)25(30)31/h4-16H,1-3H3/t16-/m1/s1. The molecule has 1 aromatic heterocycles. The number of halogens is 1. The quantitative estimate of drug-likeness (QED) is 0.181. The number of methoxy groups -OCH3 is 2. The average molecular weight is 583 g/mol. The zero-order valence-corrected chi connectivity index (χ0v) is 21.4. The molecule has 0 saturated heterocycles. The van der Waals surface area contributed by atoms with Gasteiger partial charge in [-0.3, -0.25) is 4.79 Å². The lowest BCUT2D eigenvalue weighted by Crippen LogP contribution is -2.25. The Bertz CT molecular complexity index is 1470. The van der Waals surface area contributed by atoms with Gasteiger partial charge in [-0.15, -0.1) is 0 Å². The predicted octanol–water partition coefficient (Wildman–Crippen LogP) is 4.50. The van der Waals surface area contributed by atoms with Gasteiger partial charge in [0, 0.05) is 5.56 Å². The molecule has 0 N–H and O–H groups in total. The van der Waals surface area contributed by atoms with Gasteiger partial charge in [0.05, 0.1) is 34.9 Å². The van der Waals surface area contributed by atoms with E-state index in [1.54, 1.807) is 37.4 Å². The second kappa shape index (κ2) is 10.7.